The van der Waals surface area contributed by atoms with Gasteiger partial charge in [0.15, 0.2) is 0 Å². The van der Waals surface area contributed by atoms with Crippen molar-refractivity contribution < 1.29 is 18.4 Å². The summed E-state index contributed by atoms with van der Waals surface area (Å²) in [6.45, 7) is 2.66. The summed E-state index contributed by atoms with van der Waals surface area (Å²) >= 11 is 6.08. The quantitative estimate of drug-likeness (QED) is 0.732. The first kappa shape index (κ1) is 22.0. The summed E-state index contributed by atoms with van der Waals surface area (Å²) in [5.74, 6) is -0.863. The van der Waals surface area contributed by atoms with Gasteiger partial charge in [0.1, 0.15) is 11.6 Å². The predicted octanol–water partition coefficient (Wildman–Crippen LogP) is 2.76. The third-order valence-corrected chi connectivity index (χ3v) is 5.29. The number of hydrogen-bond donors (Lipinski definition) is 2. The van der Waals surface area contributed by atoms with Gasteiger partial charge in [-0.25, -0.2) is 13.6 Å². The van der Waals surface area contributed by atoms with E-state index in [2.05, 4.69) is 10.6 Å². The summed E-state index contributed by atoms with van der Waals surface area (Å²) in [6, 6.07) is 9.93. The number of benzene rings is 2. The highest BCUT2D eigenvalue weighted by molar-refractivity contribution is 6.31. The van der Waals surface area contributed by atoms with Gasteiger partial charge in [-0.3, -0.25) is 9.69 Å². The maximum absolute atomic E-state index is 13.9. The molecule has 6 nitrogen and oxygen atoms in total. The zero-order valence-corrected chi connectivity index (χ0v) is 17.1. The highest BCUT2D eigenvalue weighted by atomic mass is 35.5. The van der Waals surface area contributed by atoms with E-state index in [1.54, 1.807) is 29.2 Å². The minimum absolute atomic E-state index is 0.117. The van der Waals surface area contributed by atoms with Crippen LogP contribution < -0.4 is 10.6 Å². The van der Waals surface area contributed by atoms with E-state index in [1.807, 2.05) is 4.90 Å². The second kappa shape index (κ2) is 10.4. The molecule has 3 amide bonds. The van der Waals surface area contributed by atoms with E-state index < -0.39 is 6.03 Å². The van der Waals surface area contributed by atoms with Crippen molar-refractivity contribution in [2.75, 3.05) is 32.7 Å². The lowest BCUT2D eigenvalue weighted by atomic mass is 10.2. The van der Waals surface area contributed by atoms with Crippen LogP contribution >= 0.6 is 11.6 Å². The molecule has 0 bridgehead atoms. The maximum Gasteiger partial charge on any atom is 0.315 e. The van der Waals surface area contributed by atoms with Gasteiger partial charge in [0.25, 0.3) is 0 Å². The lowest BCUT2D eigenvalue weighted by Crippen LogP contribution is -2.51. The van der Waals surface area contributed by atoms with Gasteiger partial charge in [0, 0.05) is 49.9 Å². The number of hydrogen-bond acceptors (Lipinski definition) is 3. The molecule has 1 heterocycles. The Hall–Kier alpha value is -2.71. The van der Waals surface area contributed by atoms with Crippen LogP contribution in [0.4, 0.5) is 13.6 Å². The van der Waals surface area contributed by atoms with Crippen molar-refractivity contribution in [1.82, 2.24) is 20.4 Å². The molecule has 2 N–H and O–H groups in total. The number of piperazine rings is 1. The Morgan fingerprint density at radius 1 is 0.967 bits per heavy atom. The average molecular weight is 437 g/mol. The lowest BCUT2D eigenvalue weighted by Gasteiger charge is -2.35. The van der Waals surface area contributed by atoms with Crippen molar-refractivity contribution in [1.29, 1.82) is 0 Å². The molecule has 0 spiro atoms. The smallest absolute Gasteiger partial charge is 0.315 e. The van der Waals surface area contributed by atoms with Crippen LogP contribution in [-0.2, 0) is 17.9 Å². The summed E-state index contributed by atoms with van der Waals surface area (Å²) in [7, 11) is 0. The molecule has 0 atom stereocenters. The van der Waals surface area contributed by atoms with E-state index in [9.17, 15) is 18.4 Å². The summed E-state index contributed by atoms with van der Waals surface area (Å²) in [6.07, 6.45) is 0. The first-order valence-electron chi connectivity index (χ1n) is 9.61. The Bertz CT molecular complexity index is 867. The van der Waals surface area contributed by atoms with Crippen molar-refractivity contribution in [3.63, 3.8) is 0 Å². The molecule has 1 fully saturated rings. The minimum Gasteiger partial charge on any atom is -0.339 e. The monoisotopic (exact) mass is 436 g/mol. The predicted molar refractivity (Wildman–Crippen MR) is 110 cm³/mol. The fraction of sp³-hybridized carbons (Fsp3) is 0.333. The molecule has 30 heavy (non-hydrogen) atoms. The highest BCUT2D eigenvalue weighted by Crippen LogP contribution is 2.21. The summed E-state index contributed by atoms with van der Waals surface area (Å²) in [5, 5.41) is 5.55. The molecule has 9 heteroatoms. The molecular weight excluding hydrogens is 414 g/mol. The van der Waals surface area contributed by atoms with Gasteiger partial charge in [0.05, 0.1) is 6.54 Å². The summed E-state index contributed by atoms with van der Waals surface area (Å²) < 4.78 is 26.8. The Labute approximate surface area is 178 Å². The zero-order chi connectivity index (χ0) is 21.5. The van der Waals surface area contributed by atoms with E-state index >= 15 is 0 Å². The number of carbonyl (C=O) groups excluding carboxylic acids is 2. The van der Waals surface area contributed by atoms with Crippen molar-refractivity contribution >= 4 is 23.5 Å². The van der Waals surface area contributed by atoms with Crippen molar-refractivity contribution in [2.45, 2.75) is 13.1 Å². The number of urea groups is 1. The molecule has 3 rings (SSSR count). The standard InChI is InChI=1S/C21H23ClF2N4O2/c22-18-2-1-3-19(24)17(18)14-27-8-10-28(11-9-27)20(29)13-26-21(30)25-12-15-4-6-16(23)7-5-15/h1-7H,8-14H2,(H2,25,26,30). The number of carbonyl (C=O) groups is 2. The van der Waals surface area contributed by atoms with Gasteiger partial charge >= 0.3 is 6.03 Å². The summed E-state index contributed by atoms with van der Waals surface area (Å²) in [5.41, 5.74) is 1.21. The first-order valence-corrected chi connectivity index (χ1v) is 9.99. The van der Waals surface area contributed by atoms with Crippen LogP contribution in [0.15, 0.2) is 42.5 Å². The molecule has 0 radical (unpaired) electrons. The largest absolute Gasteiger partial charge is 0.339 e. The van der Waals surface area contributed by atoms with E-state index in [0.29, 0.717) is 43.3 Å². The van der Waals surface area contributed by atoms with Gasteiger partial charge in [-0.15, -0.1) is 0 Å². The van der Waals surface area contributed by atoms with Crippen molar-refractivity contribution in [3.8, 4) is 0 Å². The van der Waals surface area contributed by atoms with E-state index in [-0.39, 0.29) is 30.6 Å². The fourth-order valence-corrected chi connectivity index (χ4v) is 3.40. The number of amides is 3. The highest BCUT2D eigenvalue weighted by Gasteiger charge is 2.22. The second-order valence-corrected chi connectivity index (χ2v) is 7.43. The number of halogens is 3. The molecular formula is C21H23ClF2N4O2. The zero-order valence-electron chi connectivity index (χ0n) is 16.3. The Balaban J connectivity index is 1.37. The van der Waals surface area contributed by atoms with Crippen LogP contribution in [0.2, 0.25) is 5.02 Å². The summed E-state index contributed by atoms with van der Waals surface area (Å²) in [4.78, 5) is 27.9. The van der Waals surface area contributed by atoms with E-state index in [0.717, 1.165) is 5.56 Å². The molecule has 2 aromatic rings. The SMILES string of the molecule is O=C(NCC(=O)N1CCN(Cc2c(F)cccc2Cl)CC1)NCc1ccc(F)cc1. The van der Waals surface area contributed by atoms with Crippen LogP contribution in [0.25, 0.3) is 0 Å². The Kier molecular flexibility index (Phi) is 7.59. The molecule has 0 saturated carbocycles. The van der Waals surface area contributed by atoms with E-state index in [4.69, 9.17) is 11.6 Å². The van der Waals surface area contributed by atoms with Gasteiger partial charge < -0.3 is 15.5 Å². The second-order valence-electron chi connectivity index (χ2n) is 7.02. The van der Waals surface area contributed by atoms with Crippen LogP contribution in [0, 0.1) is 11.6 Å². The first-order chi connectivity index (χ1) is 14.4. The van der Waals surface area contributed by atoms with Gasteiger partial charge in [0.2, 0.25) is 5.91 Å². The van der Waals surface area contributed by atoms with Crippen LogP contribution in [0.1, 0.15) is 11.1 Å². The Morgan fingerprint density at radius 2 is 1.67 bits per heavy atom. The molecule has 2 aromatic carbocycles. The van der Waals surface area contributed by atoms with Crippen LogP contribution in [0.3, 0.4) is 0 Å². The third kappa shape index (κ3) is 6.14. The number of nitrogens with zero attached hydrogens (tertiary/aromatic N) is 2. The van der Waals surface area contributed by atoms with E-state index in [1.165, 1.54) is 18.2 Å². The molecule has 1 aliphatic rings. The van der Waals surface area contributed by atoms with Crippen molar-refractivity contribution in [2.24, 2.45) is 0 Å². The van der Waals surface area contributed by atoms with Crippen LogP contribution in [-0.4, -0.2) is 54.5 Å². The maximum atomic E-state index is 13.9. The molecule has 1 aliphatic heterocycles. The Morgan fingerprint density at radius 3 is 2.33 bits per heavy atom. The molecule has 0 unspecified atom stereocenters. The van der Waals surface area contributed by atoms with Gasteiger partial charge in [-0.2, -0.15) is 0 Å². The topological polar surface area (TPSA) is 64.7 Å². The normalized spacial score (nSPS) is 14.4. The lowest BCUT2D eigenvalue weighted by molar-refractivity contribution is -0.131. The molecule has 0 aliphatic carbocycles. The van der Waals surface area contributed by atoms with Gasteiger partial charge in [-0.1, -0.05) is 29.8 Å². The number of nitrogens with one attached hydrogen (secondary N) is 2. The molecule has 160 valence electrons. The van der Waals surface area contributed by atoms with Crippen molar-refractivity contribution in [3.05, 3.63) is 70.2 Å². The molecule has 0 aromatic heterocycles. The third-order valence-electron chi connectivity index (χ3n) is 4.93. The van der Waals surface area contributed by atoms with Gasteiger partial charge in [-0.05, 0) is 29.8 Å². The minimum atomic E-state index is -0.472. The number of rotatable bonds is 6. The fourth-order valence-electron chi connectivity index (χ4n) is 3.18. The van der Waals surface area contributed by atoms with Crippen LogP contribution in [0.5, 0.6) is 0 Å². The molecule has 1 saturated heterocycles. The average Bonchev–Trinajstić information content (AvgIpc) is 2.75.